The maximum Gasteiger partial charge on any atom is 0.416 e. The van der Waals surface area contributed by atoms with Crippen LogP contribution in [0.1, 0.15) is 24.8 Å². The van der Waals surface area contributed by atoms with E-state index in [0.717, 1.165) is 18.9 Å². The van der Waals surface area contributed by atoms with E-state index in [0.29, 0.717) is 25.1 Å². The molecule has 23 heavy (non-hydrogen) atoms. The number of nitrogens with one attached hydrogen (secondary N) is 1. The first kappa shape index (κ1) is 20.5. The van der Waals surface area contributed by atoms with Crippen molar-refractivity contribution in [1.82, 2.24) is 4.72 Å². The normalized spacial score (nSPS) is 22.0. The standard InChI is InChI=1S/C13H16ClF3N2O2S.ClH/c14-10-4-9(13(15,16)17)5-11(6-10)22(20,21)19-12-3-1-2-8(12)7-18;/h4-6,8,12,19H,1-3,7,18H2;1H. The molecule has 1 aromatic carbocycles. The van der Waals surface area contributed by atoms with Crippen molar-refractivity contribution < 1.29 is 21.6 Å². The maximum atomic E-state index is 12.8. The zero-order valence-corrected chi connectivity index (χ0v) is 14.3. The lowest BCUT2D eigenvalue weighted by Crippen LogP contribution is -2.39. The molecule has 1 saturated carbocycles. The minimum atomic E-state index is -4.66. The number of rotatable bonds is 4. The molecule has 0 amide bonds. The third-order valence-corrected chi connectivity index (χ3v) is 5.46. The number of benzene rings is 1. The second kappa shape index (κ2) is 7.57. The van der Waals surface area contributed by atoms with Crippen LogP contribution in [0.4, 0.5) is 13.2 Å². The van der Waals surface area contributed by atoms with E-state index in [2.05, 4.69) is 4.72 Å². The van der Waals surface area contributed by atoms with Crippen LogP contribution in [-0.4, -0.2) is 21.0 Å². The SMILES string of the molecule is Cl.NCC1CCCC1NS(=O)(=O)c1cc(Cl)cc(C(F)(F)F)c1. The molecule has 2 unspecified atom stereocenters. The van der Waals surface area contributed by atoms with Crippen molar-refractivity contribution in [3.8, 4) is 0 Å². The summed E-state index contributed by atoms with van der Waals surface area (Å²) in [5.74, 6) is -0.00366. The van der Waals surface area contributed by atoms with Gasteiger partial charge in [0.05, 0.1) is 10.5 Å². The summed E-state index contributed by atoms with van der Waals surface area (Å²) in [5.41, 5.74) is 4.49. The average Bonchev–Trinajstić information content (AvgIpc) is 2.83. The van der Waals surface area contributed by atoms with Crippen LogP contribution in [0.15, 0.2) is 23.1 Å². The van der Waals surface area contributed by atoms with E-state index in [1.54, 1.807) is 0 Å². The summed E-state index contributed by atoms with van der Waals surface area (Å²) in [5, 5.41) is -0.281. The van der Waals surface area contributed by atoms with Crippen molar-refractivity contribution in [2.45, 2.75) is 36.4 Å². The molecule has 0 bridgehead atoms. The zero-order valence-electron chi connectivity index (χ0n) is 11.9. The number of hydrogen-bond acceptors (Lipinski definition) is 3. The summed E-state index contributed by atoms with van der Waals surface area (Å²) in [4.78, 5) is -0.491. The van der Waals surface area contributed by atoms with Crippen LogP contribution in [0.3, 0.4) is 0 Å². The highest BCUT2D eigenvalue weighted by atomic mass is 35.5. The summed E-state index contributed by atoms with van der Waals surface area (Å²) in [6.45, 7) is 0.330. The molecule has 0 spiro atoms. The molecule has 132 valence electrons. The third kappa shape index (κ3) is 4.96. The van der Waals surface area contributed by atoms with Gasteiger partial charge in [0, 0.05) is 11.1 Å². The van der Waals surface area contributed by atoms with Crippen LogP contribution in [-0.2, 0) is 16.2 Å². The van der Waals surface area contributed by atoms with Gasteiger partial charge in [0.15, 0.2) is 0 Å². The summed E-state index contributed by atoms with van der Waals surface area (Å²) in [6, 6.07) is 1.92. The maximum absolute atomic E-state index is 12.8. The van der Waals surface area contributed by atoms with Crippen molar-refractivity contribution >= 4 is 34.0 Å². The average molecular weight is 393 g/mol. The Morgan fingerprint density at radius 2 is 1.91 bits per heavy atom. The van der Waals surface area contributed by atoms with Crippen LogP contribution < -0.4 is 10.5 Å². The largest absolute Gasteiger partial charge is 0.416 e. The highest BCUT2D eigenvalue weighted by molar-refractivity contribution is 7.89. The number of halogens is 5. The minimum absolute atomic E-state index is 0. The van der Waals surface area contributed by atoms with Crippen molar-refractivity contribution in [3.63, 3.8) is 0 Å². The number of alkyl halides is 3. The Hall–Kier alpha value is -0.540. The second-order valence-corrected chi connectivity index (χ2v) is 7.48. The molecule has 1 aromatic rings. The fourth-order valence-electron chi connectivity index (χ4n) is 2.62. The van der Waals surface area contributed by atoms with Crippen molar-refractivity contribution in [3.05, 3.63) is 28.8 Å². The van der Waals surface area contributed by atoms with Crippen LogP contribution in [0.25, 0.3) is 0 Å². The quantitative estimate of drug-likeness (QED) is 0.826. The van der Waals surface area contributed by atoms with Gasteiger partial charge in [-0.15, -0.1) is 12.4 Å². The van der Waals surface area contributed by atoms with E-state index in [4.69, 9.17) is 17.3 Å². The second-order valence-electron chi connectivity index (χ2n) is 5.33. The van der Waals surface area contributed by atoms with Crippen LogP contribution in [0, 0.1) is 5.92 Å². The molecular weight excluding hydrogens is 376 g/mol. The number of nitrogens with two attached hydrogens (primary N) is 1. The molecule has 3 N–H and O–H groups in total. The highest BCUT2D eigenvalue weighted by Gasteiger charge is 2.34. The molecule has 0 aliphatic heterocycles. The Kier molecular flexibility index (Phi) is 6.74. The van der Waals surface area contributed by atoms with Gasteiger partial charge in [0.25, 0.3) is 0 Å². The van der Waals surface area contributed by atoms with Gasteiger partial charge in [-0.2, -0.15) is 13.2 Å². The molecule has 1 fully saturated rings. The topological polar surface area (TPSA) is 72.2 Å². The molecule has 4 nitrogen and oxygen atoms in total. The molecule has 2 rings (SSSR count). The fraction of sp³-hybridized carbons (Fsp3) is 0.538. The predicted molar refractivity (Wildman–Crippen MR) is 84.2 cm³/mol. The lowest BCUT2D eigenvalue weighted by Gasteiger charge is -2.20. The van der Waals surface area contributed by atoms with E-state index in [1.165, 1.54) is 0 Å². The lowest BCUT2D eigenvalue weighted by molar-refractivity contribution is -0.137. The summed E-state index contributed by atoms with van der Waals surface area (Å²) in [6.07, 6.45) is -2.42. The Balaban J connectivity index is 0.00000264. The van der Waals surface area contributed by atoms with E-state index >= 15 is 0 Å². The Morgan fingerprint density at radius 3 is 2.48 bits per heavy atom. The van der Waals surface area contributed by atoms with Crippen molar-refractivity contribution in [2.24, 2.45) is 11.7 Å². The van der Waals surface area contributed by atoms with Crippen LogP contribution in [0.2, 0.25) is 5.02 Å². The zero-order chi connectivity index (χ0) is 16.5. The summed E-state index contributed by atoms with van der Waals surface area (Å²) in [7, 11) is -4.08. The molecular formula is C13H17Cl2F3N2O2S. The van der Waals surface area contributed by atoms with Gasteiger partial charge in [-0.1, -0.05) is 18.0 Å². The summed E-state index contributed by atoms with van der Waals surface area (Å²) < 4.78 is 65.4. The molecule has 0 saturated heterocycles. The van der Waals surface area contributed by atoms with E-state index in [9.17, 15) is 21.6 Å². The van der Waals surface area contributed by atoms with Gasteiger partial charge < -0.3 is 5.73 Å². The number of sulfonamides is 1. The Labute approximate surface area is 144 Å². The van der Waals surface area contributed by atoms with Crippen LogP contribution >= 0.6 is 24.0 Å². The molecule has 1 aliphatic carbocycles. The monoisotopic (exact) mass is 392 g/mol. The highest BCUT2D eigenvalue weighted by Crippen LogP contribution is 2.33. The number of hydrogen-bond donors (Lipinski definition) is 2. The first-order valence-corrected chi connectivity index (χ1v) is 8.60. The molecule has 2 atom stereocenters. The Bertz CT molecular complexity index is 653. The van der Waals surface area contributed by atoms with Gasteiger partial charge in [-0.25, -0.2) is 13.1 Å². The van der Waals surface area contributed by atoms with Crippen LogP contribution in [0.5, 0.6) is 0 Å². The van der Waals surface area contributed by atoms with Gasteiger partial charge in [-0.05, 0) is 43.5 Å². The molecule has 10 heteroatoms. The van der Waals surface area contributed by atoms with Gasteiger partial charge in [0.1, 0.15) is 0 Å². The first-order valence-electron chi connectivity index (χ1n) is 6.73. The Morgan fingerprint density at radius 1 is 1.26 bits per heavy atom. The van der Waals surface area contributed by atoms with E-state index in [1.807, 2.05) is 0 Å². The smallest absolute Gasteiger partial charge is 0.330 e. The summed E-state index contributed by atoms with van der Waals surface area (Å²) >= 11 is 5.62. The van der Waals surface area contributed by atoms with E-state index in [-0.39, 0.29) is 29.4 Å². The fourth-order valence-corrected chi connectivity index (χ4v) is 4.33. The molecule has 0 heterocycles. The van der Waals surface area contributed by atoms with Crippen molar-refractivity contribution in [1.29, 1.82) is 0 Å². The van der Waals surface area contributed by atoms with Gasteiger partial charge in [-0.3, -0.25) is 0 Å². The van der Waals surface area contributed by atoms with E-state index < -0.39 is 26.7 Å². The predicted octanol–water partition coefficient (Wildman–Crippen LogP) is 3.19. The first-order chi connectivity index (χ1) is 10.1. The molecule has 0 radical (unpaired) electrons. The lowest BCUT2D eigenvalue weighted by atomic mass is 10.1. The van der Waals surface area contributed by atoms with Gasteiger partial charge in [0.2, 0.25) is 10.0 Å². The molecule has 1 aliphatic rings. The third-order valence-electron chi connectivity index (χ3n) is 3.78. The van der Waals surface area contributed by atoms with Crippen molar-refractivity contribution in [2.75, 3.05) is 6.54 Å². The minimum Gasteiger partial charge on any atom is -0.330 e. The molecule has 0 aromatic heterocycles. The van der Waals surface area contributed by atoms with Gasteiger partial charge >= 0.3 is 6.18 Å².